The molecule has 1 aromatic rings. The Hall–Kier alpha value is -2.04. The Kier molecular flexibility index (Phi) is 3.97. The van der Waals surface area contributed by atoms with Crippen molar-refractivity contribution in [3.05, 3.63) is 29.8 Å². The normalized spacial score (nSPS) is 20.4. The molecule has 0 aromatic heterocycles. The van der Waals surface area contributed by atoms with Gasteiger partial charge in [0.1, 0.15) is 0 Å². The number of benzene rings is 1. The van der Waals surface area contributed by atoms with Gasteiger partial charge in [0.2, 0.25) is 5.91 Å². The van der Waals surface area contributed by atoms with Gasteiger partial charge in [-0.3, -0.25) is 9.59 Å². The first-order valence-corrected chi connectivity index (χ1v) is 6.64. The Balaban J connectivity index is 1.93. The number of nitrogens with zero attached hydrogens (tertiary/aromatic N) is 2. The molecule has 2 atom stereocenters. The van der Waals surface area contributed by atoms with Crippen LogP contribution < -0.4 is 4.90 Å². The van der Waals surface area contributed by atoms with Crippen LogP contribution in [0.5, 0.6) is 0 Å². The van der Waals surface area contributed by atoms with Crippen molar-refractivity contribution in [1.82, 2.24) is 4.90 Å². The summed E-state index contributed by atoms with van der Waals surface area (Å²) in [6.07, 6.45) is 0.470. The molecule has 1 amide bonds. The van der Waals surface area contributed by atoms with Crippen LogP contribution in [0.25, 0.3) is 0 Å². The molecule has 1 aromatic carbocycles. The molecule has 0 bridgehead atoms. The van der Waals surface area contributed by atoms with Gasteiger partial charge in [-0.25, -0.2) is 0 Å². The Morgan fingerprint density at radius 2 is 1.75 bits per heavy atom. The molecule has 1 fully saturated rings. The van der Waals surface area contributed by atoms with E-state index in [0.29, 0.717) is 13.0 Å². The van der Waals surface area contributed by atoms with Gasteiger partial charge in [-0.15, -0.1) is 0 Å². The van der Waals surface area contributed by atoms with Crippen LogP contribution >= 0.6 is 0 Å². The van der Waals surface area contributed by atoms with Crippen LogP contribution in [-0.4, -0.2) is 43.0 Å². The molecule has 20 heavy (non-hydrogen) atoms. The first kappa shape index (κ1) is 14.4. The fourth-order valence-electron chi connectivity index (χ4n) is 2.28. The second-order valence-electron chi connectivity index (χ2n) is 5.54. The average molecular weight is 276 g/mol. The smallest absolute Gasteiger partial charge is 0.307 e. The van der Waals surface area contributed by atoms with Crippen molar-refractivity contribution < 1.29 is 14.7 Å². The Morgan fingerprint density at radius 1 is 1.15 bits per heavy atom. The molecular weight excluding hydrogens is 256 g/mol. The fraction of sp³-hybridized carbons (Fsp3) is 0.467. The molecule has 5 nitrogen and oxygen atoms in total. The Morgan fingerprint density at radius 3 is 2.20 bits per heavy atom. The molecule has 0 radical (unpaired) electrons. The lowest BCUT2D eigenvalue weighted by Gasteiger charge is -2.18. The van der Waals surface area contributed by atoms with Gasteiger partial charge in [-0.05, 0) is 24.1 Å². The van der Waals surface area contributed by atoms with Gasteiger partial charge in [0, 0.05) is 33.4 Å². The van der Waals surface area contributed by atoms with Crippen molar-refractivity contribution in [3.63, 3.8) is 0 Å². The van der Waals surface area contributed by atoms with Crippen LogP contribution in [0.4, 0.5) is 5.69 Å². The van der Waals surface area contributed by atoms with Crippen molar-refractivity contribution in [1.29, 1.82) is 0 Å². The quantitative estimate of drug-likeness (QED) is 0.884. The van der Waals surface area contributed by atoms with E-state index in [1.165, 1.54) is 0 Å². The molecule has 1 saturated carbocycles. The van der Waals surface area contributed by atoms with E-state index in [9.17, 15) is 9.59 Å². The third-order valence-corrected chi connectivity index (χ3v) is 3.67. The van der Waals surface area contributed by atoms with Crippen LogP contribution in [0.3, 0.4) is 0 Å². The van der Waals surface area contributed by atoms with Gasteiger partial charge < -0.3 is 14.9 Å². The zero-order valence-corrected chi connectivity index (χ0v) is 12.0. The van der Waals surface area contributed by atoms with E-state index in [-0.39, 0.29) is 11.8 Å². The lowest BCUT2D eigenvalue weighted by Crippen LogP contribution is -2.28. The molecule has 5 heteroatoms. The zero-order chi connectivity index (χ0) is 14.9. The number of aliphatic carboxylic acids is 1. The Labute approximate surface area is 118 Å². The third kappa shape index (κ3) is 3.10. The van der Waals surface area contributed by atoms with Crippen molar-refractivity contribution in [2.45, 2.75) is 13.0 Å². The summed E-state index contributed by atoms with van der Waals surface area (Å²) in [6, 6.07) is 7.98. The number of carbonyl (C=O) groups excluding carboxylic acids is 1. The number of hydrogen-bond donors (Lipinski definition) is 1. The number of carboxylic acids is 1. The molecule has 0 unspecified atom stereocenters. The molecule has 0 aliphatic heterocycles. The molecule has 0 saturated heterocycles. The monoisotopic (exact) mass is 276 g/mol. The average Bonchev–Trinajstić information content (AvgIpc) is 3.18. The molecule has 108 valence electrons. The predicted octanol–water partition coefficient (Wildman–Crippen LogP) is 1.43. The van der Waals surface area contributed by atoms with Crippen molar-refractivity contribution >= 4 is 17.6 Å². The number of rotatable bonds is 5. The predicted molar refractivity (Wildman–Crippen MR) is 76.5 cm³/mol. The molecule has 1 aliphatic carbocycles. The van der Waals surface area contributed by atoms with Gasteiger partial charge in [0.15, 0.2) is 0 Å². The van der Waals surface area contributed by atoms with Gasteiger partial charge in [-0.1, -0.05) is 12.1 Å². The summed E-state index contributed by atoms with van der Waals surface area (Å²) in [5.74, 6) is -1.76. The lowest BCUT2D eigenvalue weighted by atomic mass is 10.2. The zero-order valence-electron chi connectivity index (χ0n) is 12.0. The molecule has 0 spiro atoms. The largest absolute Gasteiger partial charge is 0.481 e. The highest BCUT2D eigenvalue weighted by atomic mass is 16.4. The van der Waals surface area contributed by atoms with Crippen LogP contribution in [-0.2, 0) is 16.1 Å². The van der Waals surface area contributed by atoms with Crippen LogP contribution in [0.15, 0.2) is 24.3 Å². The van der Waals surface area contributed by atoms with Crippen molar-refractivity contribution in [2.75, 3.05) is 26.0 Å². The maximum Gasteiger partial charge on any atom is 0.307 e. The topological polar surface area (TPSA) is 60.9 Å². The van der Waals surface area contributed by atoms with E-state index in [1.807, 2.05) is 43.3 Å². The summed E-state index contributed by atoms with van der Waals surface area (Å²) in [5, 5.41) is 8.85. The van der Waals surface area contributed by atoms with E-state index in [2.05, 4.69) is 0 Å². The summed E-state index contributed by atoms with van der Waals surface area (Å²) in [4.78, 5) is 26.5. The van der Waals surface area contributed by atoms with Gasteiger partial charge in [0.25, 0.3) is 0 Å². The molecule has 1 N–H and O–H groups in total. The standard InChI is InChI=1S/C15H20N2O3/c1-16(2)11-6-4-10(5-7-11)9-17(3)14(18)12-8-13(12)15(19)20/h4-7,12-13H,8-9H2,1-3H3,(H,19,20)/t12-,13+/m1/s1. The third-order valence-electron chi connectivity index (χ3n) is 3.67. The van der Waals surface area contributed by atoms with Gasteiger partial charge >= 0.3 is 5.97 Å². The minimum Gasteiger partial charge on any atom is -0.481 e. The highest BCUT2D eigenvalue weighted by Gasteiger charge is 2.49. The minimum atomic E-state index is -0.868. The number of amides is 1. The van der Waals surface area contributed by atoms with Crippen LogP contribution in [0, 0.1) is 11.8 Å². The summed E-state index contributed by atoms with van der Waals surface area (Å²) in [6.45, 7) is 0.509. The summed E-state index contributed by atoms with van der Waals surface area (Å²) in [7, 11) is 5.67. The number of hydrogen-bond acceptors (Lipinski definition) is 3. The van der Waals surface area contributed by atoms with E-state index in [0.717, 1.165) is 11.3 Å². The minimum absolute atomic E-state index is 0.0749. The number of carboxylic acid groups (broad SMARTS) is 1. The molecule has 0 heterocycles. The second-order valence-corrected chi connectivity index (χ2v) is 5.54. The summed E-state index contributed by atoms with van der Waals surface area (Å²) < 4.78 is 0. The SMILES string of the molecule is CN(Cc1ccc(N(C)C)cc1)C(=O)[C@@H]1C[C@@H]1C(=O)O. The lowest BCUT2D eigenvalue weighted by molar-refractivity contribution is -0.141. The molecular formula is C15H20N2O3. The van der Waals surface area contributed by atoms with E-state index in [1.54, 1.807) is 11.9 Å². The number of anilines is 1. The van der Waals surface area contributed by atoms with Gasteiger partial charge in [0.05, 0.1) is 11.8 Å². The number of carbonyl (C=O) groups is 2. The van der Waals surface area contributed by atoms with Crippen LogP contribution in [0.2, 0.25) is 0 Å². The summed E-state index contributed by atoms with van der Waals surface area (Å²) in [5.41, 5.74) is 2.15. The molecule has 1 aliphatic rings. The maximum absolute atomic E-state index is 12.1. The van der Waals surface area contributed by atoms with E-state index in [4.69, 9.17) is 5.11 Å². The highest BCUT2D eigenvalue weighted by molar-refractivity contribution is 5.89. The Bertz CT molecular complexity index is 510. The highest BCUT2D eigenvalue weighted by Crippen LogP contribution is 2.40. The van der Waals surface area contributed by atoms with E-state index < -0.39 is 11.9 Å². The molecule has 2 rings (SSSR count). The fourth-order valence-corrected chi connectivity index (χ4v) is 2.28. The van der Waals surface area contributed by atoms with E-state index >= 15 is 0 Å². The van der Waals surface area contributed by atoms with Crippen LogP contribution in [0.1, 0.15) is 12.0 Å². The summed E-state index contributed by atoms with van der Waals surface area (Å²) >= 11 is 0. The van der Waals surface area contributed by atoms with Crippen molar-refractivity contribution in [2.24, 2.45) is 11.8 Å². The van der Waals surface area contributed by atoms with Gasteiger partial charge in [-0.2, -0.15) is 0 Å². The maximum atomic E-state index is 12.1. The first-order valence-electron chi connectivity index (χ1n) is 6.64. The first-order chi connectivity index (χ1) is 9.40. The second kappa shape index (κ2) is 5.53. The van der Waals surface area contributed by atoms with Crippen molar-refractivity contribution in [3.8, 4) is 0 Å².